The molecule has 15 heavy (non-hydrogen) atoms. The molecule has 5 heteroatoms. The van der Waals surface area contributed by atoms with Crippen molar-refractivity contribution in [2.24, 2.45) is 0 Å². The molecule has 1 aliphatic rings. The van der Waals surface area contributed by atoms with Gasteiger partial charge in [-0.1, -0.05) is 6.08 Å². The zero-order valence-electron chi connectivity index (χ0n) is 8.89. The second kappa shape index (κ2) is 4.46. The lowest BCUT2D eigenvalue weighted by Gasteiger charge is -2.34. The maximum Gasteiger partial charge on any atom is 0.343 e. The van der Waals surface area contributed by atoms with Gasteiger partial charge in [-0.25, -0.2) is 4.79 Å². The number of ether oxygens (including phenoxy) is 3. The third-order valence-corrected chi connectivity index (χ3v) is 2.40. The van der Waals surface area contributed by atoms with E-state index in [1.54, 1.807) is 12.2 Å². The maximum atomic E-state index is 11.2. The van der Waals surface area contributed by atoms with E-state index in [1.165, 1.54) is 27.4 Å². The number of rotatable bonds is 4. The van der Waals surface area contributed by atoms with E-state index >= 15 is 0 Å². The minimum atomic E-state index is -1.52. The summed E-state index contributed by atoms with van der Waals surface area (Å²) in [7, 11) is 4.19. The van der Waals surface area contributed by atoms with E-state index < -0.39 is 17.7 Å². The van der Waals surface area contributed by atoms with Crippen LogP contribution < -0.4 is 0 Å². The average Bonchev–Trinajstić information content (AvgIpc) is 2.27. The molecule has 1 rings (SSSR count). The Bertz CT molecular complexity index is 307. The lowest BCUT2D eigenvalue weighted by atomic mass is 9.90. The van der Waals surface area contributed by atoms with E-state index in [0.717, 1.165) is 0 Å². The van der Waals surface area contributed by atoms with Crippen molar-refractivity contribution in [3.05, 3.63) is 24.0 Å². The van der Waals surface area contributed by atoms with Crippen LogP contribution in [0.3, 0.4) is 0 Å². The van der Waals surface area contributed by atoms with Gasteiger partial charge in [0.15, 0.2) is 6.10 Å². The Morgan fingerprint density at radius 1 is 1.47 bits per heavy atom. The molecule has 0 aromatic carbocycles. The second-order valence-electron chi connectivity index (χ2n) is 3.05. The molecule has 0 spiro atoms. The van der Waals surface area contributed by atoms with E-state index in [0.29, 0.717) is 5.76 Å². The van der Waals surface area contributed by atoms with Crippen molar-refractivity contribution >= 4 is 5.97 Å². The van der Waals surface area contributed by atoms with Crippen molar-refractivity contribution in [3.63, 3.8) is 0 Å². The number of hydrogen-bond acceptors (Lipinski definition) is 4. The summed E-state index contributed by atoms with van der Waals surface area (Å²) in [6.45, 7) is 0. The maximum absolute atomic E-state index is 11.2. The van der Waals surface area contributed by atoms with Crippen LogP contribution in [-0.2, 0) is 19.0 Å². The van der Waals surface area contributed by atoms with Crippen LogP contribution in [0, 0.1) is 0 Å². The van der Waals surface area contributed by atoms with Crippen molar-refractivity contribution in [1.82, 2.24) is 0 Å². The quantitative estimate of drug-likeness (QED) is 0.741. The number of hydrogen-bond donors (Lipinski definition) is 1. The summed E-state index contributed by atoms with van der Waals surface area (Å²) in [5, 5.41) is 9.16. The van der Waals surface area contributed by atoms with Crippen LogP contribution in [0.25, 0.3) is 0 Å². The third-order valence-electron chi connectivity index (χ3n) is 2.40. The minimum Gasteiger partial charge on any atom is -0.498 e. The summed E-state index contributed by atoms with van der Waals surface area (Å²) in [5.41, 5.74) is -1.52. The monoisotopic (exact) mass is 214 g/mol. The van der Waals surface area contributed by atoms with Crippen LogP contribution in [-0.4, -0.2) is 44.1 Å². The Morgan fingerprint density at radius 2 is 2.13 bits per heavy atom. The fourth-order valence-corrected chi connectivity index (χ4v) is 1.58. The highest BCUT2D eigenvalue weighted by Crippen LogP contribution is 2.29. The molecule has 2 unspecified atom stereocenters. The molecule has 2 atom stereocenters. The lowest BCUT2D eigenvalue weighted by Crippen LogP contribution is -2.52. The van der Waals surface area contributed by atoms with Gasteiger partial charge in [-0.2, -0.15) is 0 Å². The highest BCUT2D eigenvalue weighted by atomic mass is 16.6. The summed E-state index contributed by atoms with van der Waals surface area (Å²) in [4.78, 5) is 11.2. The van der Waals surface area contributed by atoms with Gasteiger partial charge in [0.05, 0.1) is 7.11 Å². The fraction of sp³-hybridized carbons (Fsp3) is 0.500. The highest BCUT2D eigenvalue weighted by Gasteiger charge is 2.48. The summed E-state index contributed by atoms with van der Waals surface area (Å²) in [6.07, 6.45) is 3.88. The normalized spacial score (nSPS) is 29.8. The highest BCUT2D eigenvalue weighted by molar-refractivity contribution is 5.82. The van der Waals surface area contributed by atoms with Gasteiger partial charge in [0.2, 0.25) is 5.60 Å². The molecule has 5 nitrogen and oxygen atoms in total. The average molecular weight is 214 g/mol. The number of allylic oxidation sites excluding steroid dienone is 2. The Morgan fingerprint density at radius 3 is 2.53 bits per heavy atom. The van der Waals surface area contributed by atoms with Crippen molar-refractivity contribution in [2.75, 3.05) is 21.3 Å². The van der Waals surface area contributed by atoms with E-state index in [1.807, 2.05) is 0 Å². The molecule has 1 N–H and O–H groups in total. The van der Waals surface area contributed by atoms with E-state index in [9.17, 15) is 4.79 Å². The van der Waals surface area contributed by atoms with Crippen molar-refractivity contribution < 1.29 is 24.1 Å². The molecule has 0 radical (unpaired) electrons. The summed E-state index contributed by atoms with van der Waals surface area (Å²) in [5.74, 6) is -0.694. The molecule has 0 aromatic rings. The van der Waals surface area contributed by atoms with Crippen LogP contribution in [0.4, 0.5) is 0 Å². The zero-order valence-corrected chi connectivity index (χ0v) is 8.89. The van der Waals surface area contributed by atoms with Gasteiger partial charge in [-0.3, -0.25) is 0 Å². The van der Waals surface area contributed by atoms with E-state index in [2.05, 4.69) is 0 Å². The standard InChI is InChI=1S/C10H14O5/c1-13-7-5-4-6-10(15-3,9(11)12)8(7)14-2/h4-6,8H,1-3H3,(H,11,12). The Balaban J connectivity index is 3.14. The first-order valence-corrected chi connectivity index (χ1v) is 4.37. The molecule has 0 amide bonds. The van der Waals surface area contributed by atoms with E-state index in [4.69, 9.17) is 19.3 Å². The predicted molar refractivity (Wildman–Crippen MR) is 52.4 cm³/mol. The Kier molecular flexibility index (Phi) is 3.49. The molecule has 0 heterocycles. The van der Waals surface area contributed by atoms with Crippen molar-refractivity contribution in [3.8, 4) is 0 Å². The number of carbonyl (C=O) groups is 1. The molecule has 0 saturated heterocycles. The molecule has 0 fully saturated rings. The Labute approximate surface area is 87.9 Å². The third kappa shape index (κ3) is 1.75. The van der Waals surface area contributed by atoms with Crippen molar-refractivity contribution in [1.29, 1.82) is 0 Å². The molecular weight excluding hydrogens is 200 g/mol. The predicted octanol–water partition coefficient (Wildman–Crippen LogP) is 0.571. The number of carboxylic acids is 1. The molecule has 0 aromatic heterocycles. The first kappa shape index (κ1) is 11.7. The van der Waals surface area contributed by atoms with Crippen molar-refractivity contribution in [2.45, 2.75) is 11.7 Å². The zero-order chi connectivity index (χ0) is 11.5. The summed E-state index contributed by atoms with van der Waals surface area (Å²) in [6, 6.07) is 0. The van der Waals surface area contributed by atoms with Gasteiger partial charge in [-0.05, 0) is 12.2 Å². The van der Waals surface area contributed by atoms with Gasteiger partial charge in [0, 0.05) is 14.2 Å². The largest absolute Gasteiger partial charge is 0.498 e. The van der Waals surface area contributed by atoms with E-state index in [-0.39, 0.29) is 0 Å². The number of carboxylic acid groups (broad SMARTS) is 1. The molecule has 0 aliphatic heterocycles. The molecule has 1 aliphatic carbocycles. The molecule has 84 valence electrons. The van der Waals surface area contributed by atoms with Crippen LogP contribution in [0.1, 0.15) is 0 Å². The molecular formula is C10H14O5. The van der Waals surface area contributed by atoms with Gasteiger partial charge in [0.1, 0.15) is 5.76 Å². The first-order valence-electron chi connectivity index (χ1n) is 4.37. The molecule has 0 saturated carbocycles. The SMILES string of the molecule is COC1=CC=CC(OC)(C(=O)O)C1OC. The fourth-order valence-electron chi connectivity index (χ4n) is 1.58. The molecule has 0 bridgehead atoms. The minimum absolute atomic E-state index is 0.421. The Hall–Kier alpha value is -1.33. The van der Waals surface area contributed by atoms with Crippen LogP contribution in [0.5, 0.6) is 0 Å². The summed E-state index contributed by atoms with van der Waals surface area (Å²) < 4.78 is 15.2. The van der Waals surface area contributed by atoms with Gasteiger partial charge >= 0.3 is 5.97 Å². The first-order chi connectivity index (χ1) is 7.12. The smallest absolute Gasteiger partial charge is 0.343 e. The summed E-state index contributed by atoms with van der Waals surface area (Å²) >= 11 is 0. The second-order valence-corrected chi connectivity index (χ2v) is 3.05. The lowest BCUT2D eigenvalue weighted by molar-refractivity contribution is -0.170. The number of methoxy groups -OCH3 is 3. The van der Waals surface area contributed by atoms with Crippen LogP contribution in [0.15, 0.2) is 24.0 Å². The van der Waals surface area contributed by atoms with Gasteiger partial charge in [0.25, 0.3) is 0 Å². The number of aliphatic carboxylic acids is 1. The van der Waals surface area contributed by atoms with Crippen LogP contribution in [0.2, 0.25) is 0 Å². The van der Waals surface area contributed by atoms with Gasteiger partial charge < -0.3 is 19.3 Å². The van der Waals surface area contributed by atoms with Crippen LogP contribution >= 0.6 is 0 Å². The topological polar surface area (TPSA) is 65.0 Å². The van der Waals surface area contributed by atoms with Gasteiger partial charge in [-0.15, -0.1) is 0 Å².